The molecule has 23 heavy (non-hydrogen) atoms. The van der Waals surface area contributed by atoms with Gasteiger partial charge in [0.2, 0.25) is 0 Å². The van der Waals surface area contributed by atoms with E-state index in [0.29, 0.717) is 10.7 Å². The molecular weight excluding hydrogens is 318 g/mol. The highest BCUT2D eigenvalue weighted by atomic mass is 19.4. The van der Waals surface area contributed by atoms with Gasteiger partial charge in [0.25, 0.3) is 0 Å². The molecule has 2 aromatic rings. The molecule has 2 rings (SSSR count). The van der Waals surface area contributed by atoms with Gasteiger partial charge in [-0.15, -0.1) is 0 Å². The predicted molar refractivity (Wildman–Crippen MR) is 69.2 cm³/mol. The van der Waals surface area contributed by atoms with Gasteiger partial charge in [-0.1, -0.05) is 0 Å². The summed E-state index contributed by atoms with van der Waals surface area (Å²) in [5.74, 6) is -1.85. The molecule has 0 radical (unpaired) electrons. The molecule has 0 aliphatic carbocycles. The van der Waals surface area contributed by atoms with Crippen LogP contribution in [0.25, 0.3) is 5.69 Å². The van der Waals surface area contributed by atoms with Crippen LogP contribution >= 0.6 is 0 Å². The number of esters is 1. The quantitative estimate of drug-likeness (QED) is 0.642. The number of alkyl halides is 3. The fourth-order valence-corrected chi connectivity index (χ4v) is 1.80. The van der Waals surface area contributed by atoms with Crippen molar-refractivity contribution in [1.82, 2.24) is 9.78 Å². The Balaban J connectivity index is 2.63. The molecule has 120 valence electrons. The maximum Gasteiger partial charge on any atom is 0.435 e. The molecule has 0 saturated heterocycles. The number of nitriles is 1. The summed E-state index contributed by atoms with van der Waals surface area (Å²) in [5, 5.41) is 12.1. The number of rotatable bonds is 3. The van der Waals surface area contributed by atoms with Crippen molar-refractivity contribution in [3.05, 3.63) is 47.0 Å². The lowest BCUT2D eigenvalue weighted by Crippen LogP contribution is -2.12. The molecule has 0 saturated carbocycles. The van der Waals surface area contributed by atoms with Crippen molar-refractivity contribution in [1.29, 1.82) is 5.26 Å². The first-order chi connectivity index (χ1) is 10.8. The van der Waals surface area contributed by atoms with E-state index in [-0.39, 0.29) is 17.9 Å². The van der Waals surface area contributed by atoms with Crippen molar-refractivity contribution in [2.75, 3.05) is 6.61 Å². The van der Waals surface area contributed by atoms with E-state index in [9.17, 15) is 22.4 Å². The third-order valence-electron chi connectivity index (χ3n) is 2.80. The molecule has 9 heteroatoms. The monoisotopic (exact) mass is 327 g/mol. The molecule has 0 spiro atoms. The van der Waals surface area contributed by atoms with Crippen LogP contribution in [0.5, 0.6) is 0 Å². The number of hydrogen-bond donors (Lipinski definition) is 0. The summed E-state index contributed by atoms with van der Waals surface area (Å²) in [6, 6.07) is 5.09. The number of carbonyl (C=O) groups excluding carboxylic acids is 1. The fourth-order valence-electron chi connectivity index (χ4n) is 1.80. The van der Waals surface area contributed by atoms with Crippen LogP contribution in [0.4, 0.5) is 17.6 Å². The van der Waals surface area contributed by atoms with E-state index in [1.165, 1.54) is 6.92 Å². The van der Waals surface area contributed by atoms with E-state index >= 15 is 0 Å². The van der Waals surface area contributed by atoms with E-state index in [0.717, 1.165) is 18.2 Å². The molecule has 5 nitrogen and oxygen atoms in total. The van der Waals surface area contributed by atoms with Crippen molar-refractivity contribution in [3.8, 4) is 11.8 Å². The van der Waals surface area contributed by atoms with Gasteiger partial charge in [0.05, 0.1) is 17.9 Å². The van der Waals surface area contributed by atoms with Crippen molar-refractivity contribution in [3.63, 3.8) is 0 Å². The number of hydrogen-bond acceptors (Lipinski definition) is 4. The lowest BCUT2D eigenvalue weighted by atomic mass is 10.2. The van der Waals surface area contributed by atoms with Gasteiger partial charge in [-0.05, 0) is 25.1 Å². The maximum absolute atomic E-state index is 13.3. The molecule has 1 aromatic heterocycles. The van der Waals surface area contributed by atoms with Crippen molar-refractivity contribution < 1.29 is 27.1 Å². The van der Waals surface area contributed by atoms with Crippen LogP contribution in [0.2, 0.25) is 0 Å². The molecular formula is C14H9F4N3O2. The Morgan fingerprint density at radius 2 is 2.09 bits per heavy atom. The van der Waals surface area contributed by atoms with E-state index < -0.39 is 29.4 Å². The molecule has 0 aliphatic rings. The first kappa shape index (κ1) is 16.5. The predicted octanol–water partition coefficient (Wildman–Crippen LogP) is 3.08. The van der Waals surface area contributed by atoms with Gasteiger partial charge in [0, 0.05) is 6.07 Å². The molecule has 0 bridgehead atoms. The highest BCUT2D eigenvalue weighted by molar-refractivity contribution is 5.88. The van der Waals surface area contributed by atoms with Crippen LogP contribution in [0, 0.1) is 17.1 Å². The zero-order chi connectivity index (χ0) is 17.2. The largest absolute Gasteiger partial charge is 0.461 e. The highest BCUT2D eigenvalue weighted by Crippen LogP contribution is 2.30. The van der Waals surface area contributed by atoms with Gasteiger partial charge in [-0.25, -0.2) is 13.9 Å². The Labute approximate surface area is 127 Å². The minimum Gasteiger partial charge on any atom is -0.461 e. The minimum atomic E-state index is -4.77. The van der Waals surface area contributed by atoms with E-state index in [1.807, 2.05) is 0 Å². The molecule has 0 atom stereocenters. The van der Waals surface area contributed by atoms with Crippen molar-refractivity contribution in [2.24, 2.45) is 0 Å². The molecule has 0 aliphatic heterocycles. The average molecular weight is 327 g/mol. The summed E-state index contributed by atoms with van der Waals surface area (Å²) in [5.41, 5.74) is -2.24. The molecule has 1 aromatic carbocycles. The standard InChI is InChI=1S/C14H9F4N3O2/c1-2-23-13(22)11-6-12(14(16,17)18)20-21(11)9-3-4-10(15)8(5-9)7-19/h3-6H,2H2,1H3. The molecule has 0 unspecified atom stereocenters. The van der Waals surface area contributed by atoms with E-state index in [2.05, 4.69) is 5.10 Å². The van der Waals surface area contributed by atoms with Gasteiger partial charge in [0.15, 0.2) is 11.4 Å². The van der Waals surface area contributed by atoms with Crippen LogP contribution in [0.1, 0.15) is 28.7 Å². The van der Waals surface area contributed by atoms with E-state index in [4.69, 9.17) is 10.00 Å². The van der Waals surface area contributed by atoms with Crippen LogP contribution in [0.3, 0.4) is 0 Å². The van der Waals surface area contributed by atoms with Crippen LogP contribution in [0.15, 0.2) is 24.3 Å². The fraction of sp³-hybridized carbons (Fsp3) is 0.214. The van der Waals surface area contributed by atoms with Gasteiger partial charge >= 0.3 is 12.1 Å². The highest BCUT2D eigenvalue weighted by Gasteiger charge is 2.36. The second-order valence-electron chi connectivity index (χ2n) is 4.32. The van der Waals surface area contributed by atoms with Crippen LogP contribution in [-0.4, -0.2) is 22.4 Å². The van der Waals surface area contributed by atoms with Gasteiger partial charge in [-0.3, -0.25) is 0 Å². The maximum atomic E-state index is 13.3. The second-order valence-corrected chi connectivity index (χ2v) is 4.32. The van der Waals surface area contributed by atoms with Crippen molar-refractivity contribution >= 4 is 5.97 Å². The smallest absolute Gasteiger partial charge is 0.435 e. The Kier molecular flexibility index (Phi) is 4.36. The third kappa shape index (κ3) is 3.31. The number of benzene rings is 1. The lowest BCUT2D eigenvalue weighted by molar-refractivity contribution is -0.141. The summed E-state index contributed by atoms with van der Waals surface area (Å²) in [7, 11) is 0. The second kappa shape index (κ2) is 6.08. The third-order valence-corrected chi connectivity index (χ3v) is 2.80. The summed E-state index contributed by atoms with van der Waals surface area (Å²) >= 11 is 0. The topological polar surface area (TPSA) is 67.9 Å². The Morgan fingerprint density at radius 3 is 2.65 bits per heavy atom. The first-order valence-electron chi connectivity index (χ1n) is 6.32. The van der Waals surface area contributed by atoms with E-state index in [1.54, 1.807) is 6.07 Å². The lowest BCUT2D eigenvalue weighted by Gasteiger charge is -2.07. The summed E-state index contributed by atoms with van der Waals surface area (Å²) in [4.78, 5) is 11.8. The van der Waals surface area contributed by atoms with Gasteiger partial charge < -0.3 is 4.74 Å². The molecule has 0 fully saturated rings. The number of halogens is 4. The summed E-state index contributed by atoms with van der Waals surface area (Å²) in [6.07, 6.45) is -4.77. The Hall–Kier alpha value is -2.89. The molecule has 0 amide bonds. The zero-order valence-corrected chi connectivity index (χ0v) is 11.7. The number of aromatic nitrogens is 2. The Bertz CT molecular complexity index is 790. The van der Waals surface area contributed by atoms with Gasteiger partial charge in [-0.2, -0.15) is 23.5 Å². The zero-order valence-electron chi connectivity index (χ0n) is 11.7. The normalized spacial score (nSPS) is 11.1. The van der Waals surface area contributed by atoms with Crippen LogP contribution in [-0.2, 0) is 10.9 Å². The Morgan fingerprint density at radius 1 is 1.39 bits per heavy atom. The summed E-state index contributed by atoms with van der Waals surface area (Å²) < 4.78 is 57.1. The number of ether oxygens (including phenoxy) is 1. The first-order valence-corrected chi connectivity index (χ1v) is 6.32. The molecule has 0 N–H and O–H groups in total. The van der Waals surface area contributed by atoms with Gasteiger partial charge in [0.1, 0.15) is 11.9 Å². The summed E-state index contributed by atoms with van der Waals surface area (Å²) in [6.45, 7) is 1.45. The number of carbonyl (C=O) groups is 1. The molecule has 1 heterocycles. The SMILES string of the molecule is CCOC(=O)c1cc(C(F)(F)F)nn1-c1ccc(F)c(C#N)c1. The minimum absolute atomic E-state index is 0.0434. The van der Waals surface area contributed by atoms with Crippen molar-refractivity contribution in [2.45, 2.75) is 13.1 Å². The van der Waals surface area contributed by atoms with Crippen LogP contribution < -0.4 is 0 Å². The number of nitrogens with zero attached hydrogens (tertiary/aromatic N) is 3. The average Bonchev–Trinajstić information content (AvgIpc) is 2.93.